The fourth-order valence-electron chi connectivity index (χ4n) is 2.29. The van der Waals surface area contributed by atoms with Gasteiger partial charge in [0.2, 0.25) is 0 Å². The van der Waals surface area contributed by atoms with Crippen LogP contribution in [0.1, 0.15) is 0 Å². The van der Waals surface area contributed by atoms with Gasteiger partial charge in [0.15, 0.2) is 0 Å². The molecule has 0 saturated heterocycles. The zero-order chi connectivity index (χ0) is 20.6. The molecule has 0 bridgehead atoms. The van der Waals surface area contributed by atoms with Gasteiger partial charge in [-0.1, -0.05) is 141 Å². The van der Waals surface area contributed by atoms with Crippen molar-refractivity contribution in [3.63, 3.8) is 0 Å². The van der Waals surface area contributed by atoms with Gasteiger partial charge in [0.1, 0.15) is 0 Å². The van der Waals surface area contributed by atoms with E-state index in [4.69, 9.17) is 0 Å². The van der Waals surface area contributed by atoms with Crippen LogP contribution in [0.5, 0.6) is 0 Å². The summed E-state index contributed by atoms with van der Waals surface area (Å²) in [6.45, 7) is 0. The molecule has 0 atom stereocenters. The minimum atomic E-state index is 1.07. The predicted molar refractivity (Wildman–Crippen MR) is 174 cm³/mol. The van der Waals surface area contributed by atoms with Crippen molar-refractivity contribution in [2.45, 2.75) is 0 Å². The van der Waals surface area contributed by atoms with E-state index in [1.165, 1.54) is 42.4 Å². The van der Waals surface area contributed by atoms with Crippen LogP contribution < -0.4 is 0 Å². The van der Waals surface area contributed by atoms with E-state index in [1.807, 2.05) is 165 Å². The summed E-state index contributed by atoms with van der Waals surface area (Å²) in [5, 5.41) is 14.4. The lowest BCUT2D eigenvalue weighted by molar-refractivity contribution is 2.23. The second kappa shape index (κ2) is 11.5. The SMILES string of the molecule is C1=CSC(=C2SC=C(SCSC3=CSC(=C4SC5=C(SC(=C6SC=CS6)S5)S4)S3)S2)S1. The molecule has 0 fully saturated rings. The molecular formula is C17H8S14. The Morgan fingerprint density at radius 1 is 0.419 bits per heavy atom. The summed E-state index contributed by atoms with van der Waals surface area (Å²) in [5.74, 6) is 0. The standard InChI is InChI=1S/C17H8S14/c1-2-19-10(18-1)12-22-5-8(26-12)24-7-25-9-6-23-13(27-9)15-30-16-17(31-15)29-14(28-16)11-20-3-4-21-11/h1-6H,7H2. The van der Waals surface area contributed by atoms with Gasteiger partial charge in [-0.15, -0.1) is 23.5 Å². The van der Waals surface area contributed by atoms with Crippen LogP contribution in [0.4, 0.5) is 0 Å². The molecule has 0 unspecified atom stereocenters. The lowest BCUT2D eigenvalue weighted by Gasteiger charge is -2.07. The molecule has 0 radical (unpaired) electrons. The molecule has 0 aromatic rings. The summed E-state index contributed by atoms with van der Waals surface area (Å²) in [4.78, 5) is 0. The van der Waals surface area contributed by atoms with Crippen molar-refractivity contribution in [3.05, 3.63) is 74.8 Å². The monoisotopic (exact) mass is 660 g/mol. The summed E-state index contributed by atoms with van der Waals surface area (Å²) in [5.41, 5.74) is 0. The van der Waals surface area contributed by atoms with E-state index in [9.17, 15) is 0 Å². The average Bonchev–Trinajstić information content (AvgIpc) is 3.60. The summed E-state index contributed by atoms with van der Waals surface area (Å²) in [6.07, 6.45) is 0. The first-order valence-electron chi connectivity index (χ1n) is 8.32. The van der Waals surface area contributed by atoms with Gasteiger partial charge in [-0.25, -0.2) is 0 Å². The van der Waals surface area contributed by atoms with Crippen LogP contribution >= 0.6 is 165 Å². The van der Waals surface area contributed by atoms with E-state index < -0.39 is 0 Å². The third kappa shape index (κ3) is 5.88. The van der Waals surface area contributed by atoms with E-state index in [1.54, 1.807) is 0 Å². The smallest absolute Gasteiger partial charge is 0.0718 e. The van der Waals surface area contributed by atoms with Crippen LogP contribution in [-0.2, 0) is 0 Å². The second-order valence-corrected chi connectivity index (χ2v) is 22.0. The zero-order valence-electron chi connectivity index (χ0n) is 14.9. The summed E-state index contributed by atoms with van der Waals surface area (Å²) < 4.78 is 14.5. The van der Waals surface area contributed by atoms with Crippen molar-refractivity contribution in [3.8, 4) is 0 Å². The Hall–Kier alpha value is 2.82. The minimum absolute atomic E-state index is 1.07. The quantitative estimate of drug-likeness (QED) is 0.262. The Morgan fingerprint density at radius 3 is 1.32 bits per heavy atom. The fraction of sp³-hybridized carbons (Fsp3) is 0.0588. The van der Waals surface area contributed by atoms with E-state index in [-0.39, 0.29) is 0 Å². The molecule has 160 valence electrons. The van der Waals surface area contributed by atoms with E-state index >= 15 is 0 Å². The Labute approximate surface area is 241 Å². The van der Waals surface area contributed by atoms with Crippen molar-refractivity contribution >= 4 is 165 Å². The van der Waals surface area contributed by atoms with Gasteiger partial charge in [0.25, 0.3) is 0 Å². The molecule has 14 heteroatoms. The first-order chi connectivity index (χ1) is 15.3. The largest absolute Gasteiger partial charge is 0.107 e. The molecule has 6 heterocycles. The maximum atomic E-state index is 2.34. The Morgan fingerprint density at radius 2 is 0.806 bits per heavy atom. The van der Waals surface area contributed by atoms with E-state index in [0.29, 0.717) is 0 Å². The molecule has 0 amide bonds. The second-order valence-electron chi connectivity index (χ2n) is 5.44. The molecule has 0 saturated carbocycles. The molecule has 6 aliphatic heterocycles. The van der Waals surface area contributed by atoms with Crippen molar-refractivity contribution in [2.75, 3.05) is 5.08 Å². The highest BCUT2D eigenvalue weighted by Gasteiger charge is 2.34. The third-order valence-corrected chi connectivity index (χ3v) is 22.6. The average molecular weight is 661 g/mol. The normalized spacial score (nSPS) is 25.2. The Balaban J connectivity index is 0.968. The van der Waals surface area contributed by atoms with Gasteiger partial charge in [-0.3, -0.25) is 0 Å². The van der Waals surface area contributed by atoms with Crippen LogP contribution in [0.25, 0.3) is 0 Å². The lowest BCUT2D eigenvalue weighted by atomic mass is 11.2. The molecule has 6 rings (SSSR count). The van der Waals surface area contributed by atoms with Crippen LogP contribution in [0, 0.1) is 0 Å². The van der Waals surface area contributed by atoms with Crippen LogP contribution in [0.15, 0.2) is 74.8 Å². The maximum Gasteiger partial charge on any atom is 0.0718 e. The molecule has 0 nitrogen and oxygen atoms in total. The molecule has 6 aliphatic rings. The zero-order valence-corrected chi connectivity index (χ0v) is 26.3. The third-order valence-electron chi connectivity index (χ3n) is 3.53. The molecule has 0 aliphatic carbocycles. The van der Waals surface area contributed by atoms with Crippen molar-refractivity contribution in [1.29, 1.82) is 0 Å². The molecule has 0 aromatic carbocycles. The van der Waals surface area contributed by atoms with Gasteiger partial charge in [-0.2, -0.15) is 0 Å². The maximum absolute atomic E-state index is 2.34. The summed E-state index contributed by atoms with van der Waals surface area (Å²) >= 11 is 26.9. The molecule has 0 spiro atoms. The number of hydrogen-bond acceptors (Lipinski definition) is 14. The van der Waals surface area contributed by atoms with Gasteiger partial charge >= 0.3 is 0 Å². The number of hydrogen-bond donors (Lipinski definition) is 0. The first-order valence-corrected chi connectivity index (χ1v) is 20.5. The highest BCUT2D eigenvalue weighted by Crippen LogP contribution is 2.71. The van der Waals surface area contributed by atoms with E-state index in [2.05, 4.69) is 32.4 Å². The fourth-order valence-corrected chi connectivity index (χ4v) is 21.2. The Bertz CT molecular complexity index is 1030. The van der Waals surface area contributed by atoms with Crippen LogP contribution in [0.2, 0.25) is 0 Å². The highest BCUT2D eigenvalue weighted by atomic mass is 32.3. The van der Waals surface area contributed by atoms with Crippen LogP contribution in [0.3, 0.4) is 0 Å². The van der Waals surface area contributed by atoms with Gasteiger partial charge in [0.05, 0.1) is 42.4 Å². The first kappa shape index (κ1) is 24.2. The highest BCUT2D eigenvalue weighted by molar-refractivity contribution is 8.50. The van der Waals surface area contributed by atoms with E-state index in [0.717, 1.165) is 5.08 Å². The molecule has 0 N–H and O–H groups in total. The minimum Gasteiger partial charge on any atom is -0.107 e. The predicted octanol–water partition coefficient (Wildman–Crippen LogP) is 12.3. The summed E-state index contributed by atoms with van der Waals surface area (Å²) in [7, 11) is 0. The van der Waals surface area contributed by atoms with Gasteiger partial charge in [-0.05, 0) is 32.4 Å². The lowest BCUT2D eigenvalue weighted by Crippen LogP contribution is -1.73. The van der Waals surface area contributed by atoms with Crippen molar-refractivity contribution < 1.29 is 0 Å². The van der Waals surface area contributed by atoms with Crippen molar-refractivity contribution in [1.82, 2.24) is 0 Å². The number of thioether (sulfide) groups is 14. The molecular weight excluding hydrogens is 653 g/mol. The van der Waals surface area contributed by atoms with Gasteiger partial charge < -0.3 is 0 Å². The Kier molecular flexibility index (Phi) is 8.95. The topological polar surface area (TPSA) is 0 Å². The summed E-state index contributed by atoms with van der Waals surface area (Å²) in [6, 6.07) is 0. The number of rotatable bonds is 4. The molecule has 31 heavy (non-hydrogen) atoms. The van der Waals surface area contributed by atoms with Gasteiger partial charge in [0, 0.05) is 5.08 Å². The van der Waals surface area contributed by atoms with Crippen LogP contribution in [-0.4, -0.2) is 5.08 Å². The van der Waals surface area contributed by atoms with Crippen molar-refractivity contribution in [2.24, 2.45) is 0 Å². The molecule has 0 aromatic heterocycles.